The summed E-state index contributed by atoms with van der Waals surface area (Å²) in [4.78, 5) is 2.38. The Kier molecular flexibility index (Phi) is 4.73. The van der Waals surface area contributed by atoms with Gasteiger partial charge in [-0.3, -0.25) is 0 Å². The third-order valence-electron chi connectivity index (χ3n) is 3.06. The topological polar surface area (TPSA) is 52.7 Å². The number of rotatable bonds is 4. The molecular formula is C10H23N3O2S. The number of nitrogens with one attached hydrogen (secondary N) is 1. The Morgan fingerprint density at radius 3 is 2.12 bits per heavy atom. The van der Waals surface area contributed by atoms with Gasteiger partial charge in [0.2, 0.25) is 0 Å². The lowest BCUT2D eigenvalue weighted by Gasteiger charge is -2.35. The van der Waals surface area contributed by atoms with Crippen LogP contribution in [-0.4, -0.2) is 56.9 Å². The molecule has 0 bridgehead atoms. The van der Waals surface area contributed by atoms with Crippen LogP contribution in [0.1, 0.15) is 26.7 Å². The van der Waals surface area contributed by atoms with E-state index in [9.17, 15) is 8.42 Å². The average Bonchev–Trinajstić information content (AvgIpc) is 2.17. The molecule has 0 aromatic carbocycles. The van der Waals surface area contributed by atoms with Gasteiger partial charge >= 0.3 is 0 Å². The van der Waals surface area contributed by atoms with Crippen LogP contribution < -0.4 is 4.72 Å². The maximum absolute atomic E-state index is 11.6. The minimum absolute atomic E-state index is 0.0856. The van der Waals surface area contributed by atoms with Crippen molar-refractivity contribution in [3.8, 4) is 0 Å². The van der Waals surface area contributed by atoms with E-state index in [1.165, 1.54) is 4.31 Å². The van der Waals surface area contributed by atoms with Crippen LogP contribution in [0.5, 0.6) is 0 Å². The van der Waals surface area contributed by atoms with E-state index in [-0.39, 0.29) is 6.04 Å². The van der Waals surface area contributed by atoms with Crippen LogP contribution >= 0.6 is 0 Å². The molecule has 6 heteroatoms. The molecule has 0 aliphatic carbocycles. The smallest absolute Gasteiger partial charge is 0.279 e. The first-order chi connectivity index (χ1) is 7.33. The summed E-state index contributed by atoms with van der Waals surface area (Å²) in [6.07, 6.45) is 1.79. The van der Waals surface area contributed by atoms with Crippen molar-refractivity contribution in [3.05, 3.63) is 0 Å². The van der Waals surface area contributed by atoms with Crippen molar-refractivity contribution in [1.82, 2.24) is 13.9 Å². The van der Waals surface area contributed by atoms with Crippen molar-refractivity contribution < 1.29 is 8.42 Å². The summed E-state index contributed by atoms with van der Waals surface area (Å²) in [6, 6.07) is 0.633. The number of hydrogen-bond acceptors (Lipinski definition) is 3. The Balaban J connectivity index is 2.44. The Labute approximate surface area is 99.0 Å². The van der Waals surface area contributed by atoms with Crippen LogP contribution in [0.15, 0.2) is 0 Å². The van der Waals surface area contributed by atoms with Crippen LogP contribution in [0.3, 0.4) is 0 Å². The largest absolute Gasteiger partial charge is 0.301 e. The minimum atomic E-state index is -3.27. The van der Waals surface area contributed by atoms with Crippen molar-refractivity contribution in [1.29, 1.82) is 0 Å². The third-order valence-corrected chi connectivity index (χ3v) is 4.65. The normalized spacial score (nSPS) is 20.9. The Bertz CT molecular complexity index is 306. The molecule has 0 aromatic rings. The van der Waals surface area contributed by atoms with Crippen LogP contribution in [0.4, 0.5) is 0 Å². The summed E-state index contributed by atoms with van der Waals surface area (Å²) >= 11 is 0. The molecule has 1 aliphatic heterocycles. The molecule has 5 nitrogen and oxygen atoms in total. The van der Waals surface area contributed by atoms with Gasteiger partial charge in [-0.1, -0.05) is 0 Å². The van der Waals surface area contributed by atoms with E-state index in [4.69, 9.17) is 0 Å². The molecule has 1 N–H and O–H groups in total. The van der Waals surface area contributed by atoms with Gasteiger partial charge in [0.1, 0.15) is 0 Å². The van der Waals surface area contributed by atoms with E-state index in [2.05, 4.69) is 23.5 Å². The molecule has 1 rings (SSSR count). The van der Waals surface area contributed by atoms with Gasteiger partial charge in [0.25, 0.3) is 10.2 Å². The Morgan fingerprint density at radius 2 is 1.75 bits per heavy atom. The zero-order valence-corrected chi connectivity index (χ0v) is 11.4. The number of piperidine rings is 1. The highest BCUT2D eigenvalue weighted by molar-refractivity contribution is 7.87. The fourth-order valence-electron chi connectivity index (χ4n) is 1.85. The number of hydrogen-bond donors (Lipinski definition) is 1. The molecule has 0 saturated carbocycles. The fraction of sp³-hybridized carbons (Fsp3) is 1.00. The van der Waals surface area contributed by atoms with Gasteiger partial charge in [-0.05, 0) is 39.8 Å². The molecule has 1 saturated heterocycles. The fourth-order valence-corrected chi connectivity index (χ4v) is 2.72. The lowest BCUT2D eigenvalue weighted by Crippen LogP contribution is -2.49. The first-order valence-electron chi connectivity index (χ1n) is 5.76. The Morgan fingerprint density at radius 1 is 1.25 bits per heavy atom. The van der Waals surface area contributed by atoms with Crippen molar-refractivity contribution in [2.75, 3.05) is 27.2 Å². The molecule has 0 spiro atoms. The second-order valence-electron chi connectivity index (χ2n) is 4.81. The molecule has 0 aromatic heterocycles. The monoisotopic (exact) mass is 249 g/mol. The highest BCUT2D eigenvalue weighted by Gasteiger charge is 2.25. The van der Waals surface area contributed by atoms with Gasteiger partial charge in [-0.25, -0.2) is 0 Å². The van der Waals surface area contributed by atoms with Gasteiger partial charge in [0, 0.05) is 26.2 Å². The van der Waals surface area contributed by atoms with Crippen molar-refractivity contribution in [3.63, 3.8) is 0 Å². The predicted molar refractivity (Wildman–Crippen MR) is 65.5 cm³/mol. The molecular weight excluding hydrogens is 226 g/mol. The first kappa shape index (κ1) is 13.9. The molecule has 0 radical (unpaired) electrons. The van der Waals surface area contributed by atoms with Gasteiger partial charge in [0.15, 0.2) is 0 Å². The van der Waals surface area contributed by atoms with E-state index in [1.54, 1.807) is 14.1 Å². The lowest BCUT2D eigenvalue weighted by atomic mass is 10.1. The van der Waals surface area contributed by atoms with Crippen LogP contribution in [-0.2, 0) is 10.2 Å². The van der Waals surface area contributed by atoms with Gasteiger partial charge in [-0.15, -0.1) is 0 Å². The maximum Gasteiger partial charge on any atom is 0.279 e. The van der Waals surface area contributed by atoms with Crippen LogP contribution in [0.2, 0.25) is 0 Å². The molecule has 1 aliphatic rings. The summed E-state index contributed by atoms with van der Waals surface area (Å²) in [6.45, 7) is 6.28. The summed E-state index contributed by atoms with van der Waals surface area (Å²) < 4.78 is 27.2. The van der Waals surface area contributed by atoms with Gasteiger partial charge in [-0.2, -0.15) is 17.4 Å². The third kappa shape index (κ3) is 3.69. The summed E-state index contributed by atoms with van der Waals surface area (Å²) in [7, 11) is -0.176. The second-order valence-corrected chi connectivity index (χ2v) is 6.73. The Hall–Kier alpha value is -0.170. The number of nitrogens with zero attached hydrogens (tertiary/aromatic N) is 2. The predicted octanol–water partition coefficient (Wildman–Crippen LogP) is 0.255. The zero-order chi connectivity index (χ0) is 12.3. The molecule has 0 atom stereocenters. The highest BCUT2D eigenvalue weighted by Crippen LogP contribution is 2.13. The summed E-state index contributed by atoms with van der Waals surface area (Å²) in [5.74, 6) is 0. The lowest BCUT2D eigenvalue weighted by molar-refractivity contribution is 0.168. The summed E-state index contributed by atoms with van der Waals surface area (Å²) in [5, 5.41) is 0. The molecule has 96 valence electrons. The molecule has 0 unspecified atom stereocenters. The van der Waals surface area contributed by atoms with Crippen molar-refractivity contribution in [2.24, 2.45) is 0 Å². The average molecular weight is 249 g/mol. The van der Waals surface area contributed by atoms with Crippen molar-refractivity contribution in [2.45, 2.75) is 38.8 Å². The van der Waals surface area contributed by atoms with Crippen molar-refractivity contribution >= 4 is 10.2 Å². The van der Waals surface area contributed by atoms with E-state index in [1.807, 2.05) is 0 Å². The van der Waals surface area contributed by atoms with E-state index in [0.29, 0.717) is 6.04 Å². The van der Waals surface area contributed by atoms with E-state index < -0.39 is 10.2 Å². The van der Waals surface area contributed by atoms with E-state index >= 15 is 0 Å². The zero-order valence-electron chi connectivity index (χ0n) is 10.6. The highest BCUT2D eigenvalue weighted by atomic mass is 32.2. The SMILES string of the molecule is CC(C)N1CCC(NS(=O)(=O)N(C)C)CC1. The van der Waals surface area contributed by atoms with E-state index in [0.717, 1.165) is 25.9 Å². The number of likely N-dealkylation sites (tertiary alicyclic amines) is 1. The molecule has 0 amide bonds. The molecule has 16 heavy (non-hydrogen) atoms. The van der Waals surface area contributed by atoms with Gasteiger partial charge in [0.05, 0.1) is 0 Å². The van der Waals surface area contributed by atoms with Gasteiger partial charge < -0.3 is 4.90 Å². The molecule has 1 fully saturated rings. The summed E-state index contributed by atoms with van der Waals surface area (Å²) in [5.41, 5.74) is 0. The molecule has 1 heterocycles. The first-order valence-corrected chi connectivity index (χ1v) is 7.21. The van der Waals surface area contributed by atoms with Crippen LogP contribution in [0, 0.1) is 0 Å². The van der Waals surface area contributed by atoms with Crippen LogP contribution in [0.25, 0.3) is 0 Å². The second kappa shape index (κ2) is 5.44. The maximum atomic E-state index is 11.6. The standard InChI is InChI=1S/C10H23N3O2S/c1-9(2)13-7-5-10(6-8-13)11-16(14,15)12(3)4/h9-11H,5-8H2,1-4H3. The quantitative estimate of drug-likeness (QED) is 0.777. The minimum Gasteiger partial charge on any atom is -0.301 e.